The van der Waals surface area contributed by atoms with Gasteiger partial charge in [0.2, 0.25) is 5.95 Å². The molecule has 0 saturated carbocycles. The van der Waals surface area contributed by atoms with Crippen LogP contribution < -0.4 is 10.5 Å². The molecule has 0 aliphatic heterocycles. The quantitative estimate of drug-likeness (QED) is 0.887. The predicted molar refractivity (Wildman–Crippen MR) is 76.7 cm³/mol. The van der Waals surface area contributed by atoms with Crippen LogP contribution in [-0.4, -0.2) is 28.8 Å². The molecule has 1 aromatic heterocycles. The zero-order chi connectivity index (χ0) is 14.3. The van der Waals surface area contributed by atoms with Crippen molar-refractivity contribution in [2.24, 2.45) is 7.05 Å². The van der Waals surface area contributed by atoms with Crippen LogP contribution in [0.4, 0.5) is 5.95 Å². The second-order valence-corrected chi connectivity index (χ2v) is 5.10. The number of fused-ring (bicyclic) bond motifs is 1. The fourth-order valence-electron chi connectivity index (χ4n) is 2.26. The Labute approximate surface area is 112 Å². The van der Waals surface area contributed by atoms with Crippen molar-refractivity contribution in [1.82, 2.24) is 9.55 Å². The van der Waals surface area contributed by atoms with Crippen molar-refractivity contribution < 1.29 is 5.11 Å². The number of hydrogen-bond donors (Lipinski definition) is 1. The molecular formula is C14H19N3O2. The summed E-state index contributed by atoms with van der Waals surface area (Å²) in [6.07, 6.45) is -0.656. The molecule has 0 saturated heterocycles. The SMILES string of the molecule is Cc1cc(C(C)O)c2nc(N(C)C)n(C)c(=O)c2c1. The van der Waals surface area contributed by atoms with Gasteiger partial charge >= 0.3 is 0 Å². The number of hydrogen-bond acceptors (Lipinski definition) is 4. The van der Waals surface area contributed by atoms with Gasteiger partial charge in [0, 0.05) is 26.7 Å². The molecule has 19 heavy (non-hydrogen) atoms. The minimum absolute atomic E-state index is 0.0979. The fourth-order valence-corrected chi connectivity index (χ4v) is 2.26. The van der Waals surface area contributed by atoms with Gasteiger partial charge < -0.3 is 10.0 Å². The zero-order valence-corrected chi connectivity index (χ0v) is 11.9. The number of nitrogens with zero attached hydrogens (tertiary/aromatic N) is 3. The number of rotatable bonds is 2. The van der Waals surface area contributed by atoms with E-state index in [2.05, 4.69) is 4.98 Å². The molecule has 0 fully saturated rings. The van der Waals surface area contributed by atoms with E-state index < -0.39 is 6.10 Å². The van der Waals surface area contributed by atoms with Crippen molar-refractivity contribution in [2.45, 2.75) is 20.0 Å². The van der Waals surface area contributed by atoms with Crippen LogP contribution in [-0.2, 0) is 7.05 Å². The summed E-state index contributed by atoms with van der Waals surface area (Å²) in [5, 5.41) is 10.4. The van der Waals surface area contributed by atoms with Gasteiger partial charge in [0.25, 0.3) is 5.56 Å². The average Bonchev–Trinajstić information content (AvgIpc) is 2.32. The number of benzene rings is 1. The summed E-state index contributed by atoms with van der Waals surface area (Å²) >= 11 is 0. The molecule has 0 spiro atoms. The lowest BCUT2D eigenvalue weighted by atomic mass is 10.0. The fraction of sp³-hybridized carbons (Fsp3) is 0.429. The molecule has 0 aliphatic carbocycles. The Balaban J connectivity index is 2.97. The Morgan fingerprint density at radius 2 is 2.00 bits per heavy atom. The Bertz CT molecular complexity index is 687. The Hall–Kier alpha value is -1.88. The lowest BCUT2D eigenvalue weighted by Crippen LogP contribution is -2.26. The highest BCUT2D eigenvalue weighted by Gasteiger charge is 2.15. The third kappa shape index (κ3) is 2.21. The van der Waals surface area contributed by atoms with E-state index in [0.717, 1.165) is 5.56 Å². The van der Waals surface area contributed by atoms with Crippen molar-refractivity contribution in [1.29, 1.82) is 0 Å². The molecular weight excluding hydrogens is 242 g/mol. The monoisotopic (exact) mass is 261 g/mol. The molecule has 5 heteroatoms. The lowest BCUT2D eigenvalue weighted by molar-refractivity contribution is 0.200. The maximum absolute atomic E-state index is 12.4. The van der Waals surface area contributed by atoms with Crippen LogP contribution in [0.2, 0.25) is 0 Å². The van der Waals surface area contributed by atoms with Gasteiger partial charge in [-0.2, -0.15) is 0 Å². The molecule has 1 unspecified atom stereocenters. The standard InChI is InChI=1S/C14H19N3O2/c1-8-6-10(9(2)18)12-11(7-8)13(19)17(5)14(15-12)16(3)4/h6-7,9,18H,1-5H3. The van der Waals surface area contributed by atoms with E-state index in [1.807, 2.05) is 33.2 Å². The Morgan fingerprint density at radius 1 is 1.37 bits per heavy atom. The molecule has 0 bridgehead atoms. The van der Waals surface area contributed by atoms with E-state index in [1.165, 1.54) is 4.57 Å². The smallest absolute Gasteiger partial charge is 0.262 e. The number of aromatic nitrogens is 2. The van der Waals surface area contributed by atoms with Gasteiger partial charge in [0.15, 0.2) is 0 Å². The van der Waals surface area contributed by atoms with Gasteiger partial charge in [-0.3, -0.25) is 9.36 Å². The molecule has 2 rings (SSSR count). The first kappa shape index (κ1) is 13.5. The lowest BCUT2D eigenvalue weighted by Gasteiger charge is -2.18. The number of aliphatic hydroxyl groups is 1. The molecule has 102 valence electrons. The molecule has 1 N–H and O–H groups in total. The highest BCUT2D eigenvalue weighted by Crippen LogP contribution is 2.24. The van der Waals surface area contributed by atoms with Crippen LogP contribution in [0.25, 0.3) is 10.9 Å². The predicted octanol–water partition coefficient (Wildman–Crippen LogP) is 1.36. The molecule has 1 atom stereocenters. The maximum atomic E-state index is 12.4. The molecule has 0 amide bonds. The van der Waals surface area contributed by atoms with Crippen molar-refractivity contribution >= 4 is 16.9 Å². The minimum atomic E-state index is -0.656. The number of aryl methyl sites for hydroxylation is 1. The zero-order valence-electron chi connectivity index (χ0n) is 11.9. The van der Waals surface area contributed by atoms with Gasteiger partial charge in [-0.1, -0.05) is 6.07 Å². The van der Waals surface area contributed by atoms with Crippen LogP contribution in [0.3, 0.4) is 0 Å². The highest BCUT2D eigenvalue weighted by molar-refractivity contribution is 5.83. The Kier molecular flexibility index (Phi) is 3.32. The van der Waals surface area contributed by atoms with Crippen LogP contribution in [0, 0.1) is 6.92 Å². The van der Waals surface area contributed by atoms with Gasteiger partial charge in [-0.05, 0) is 25.5 Å². The van der Waals surface area contributed by atoms with Crippen LogP contribution in [0.5, 0.6) is 0 Å². The van der Waals surface area contributed by atoms with Crippen LogP contribution in [0.1, 0.15) is 24.2 Å². The van der Waals surface area contributed by atoms with E-state index in [1.54, 1.807) is 18.9 Å². The maximum Gasteiger partial charge on any atom is 0.262 e. The van der Waals surface area contributed by atoms with Crippen molar-refractivity contribution in [2.75, 3.05) is 19.0 Å². The third-order valence-electron chi connectivity index (χ3n) is 3.18. The molecule has 1 heterocycles. The second kappa shape index (κ2) is 4.66. The van der Waals surface area contributed by atoms with E-state index >= 15 is 0 Å². The van der Waals surface area contributed by atoms with Gasteiger partial charge in [0.1, 0.15) is 0 Å². The largest absolute Gasteiger partial charge is 0.389 e. The van der Waals surface area contributed by atoms with E-state index in [-0.39, 0.29) is 5.56 Å². The molecule has 0 radical (unpaired) electrons. The van der Waals surface area contributed by atoms with Gasteiger partial charge in [0.05, 0.1) is 17.0 Å². The summed E-state index contributed by atoms with van der Waals surface area (Å²) in [6.45, 7) is 3.59. The number of anilines is 1. The van der Waals surface area contributed by atoms with Gasteiger partial charge in [-0.15, -0.1) is 0 Å². The van der Waals surface area contributed by atoms with E-state index in [4.69, 9.17) is 0 Å². The van der Waals surface area contributed by atoms with E-state index in [0.29, 0.717) is 22.4 Å². The first-order chi connectivity index (χ1) is 8.82. The Morgan fingerprint density at radius 3 is 2.53 bits per heavy atom. The third-order valence-corrected chi connectivity index (χ3v) is 3.18. The summed E-state index contributed by atoms with van der Waals surface area (Å²) in [7, 11) is 5.38. The molecule has 0 aliphatic rings. The summed E-state index contributed by atoms with van der Waals surface area (Å²) in [5.41, 5.74) is 2.11. The van der Waals surface area contributed by atoms with Crippen molar-refractivity contribution in [3.63, 3.8) is 0 Å². The summed E-state index contributed by atoms with van der Waals surface area (Å²) in [5.74, 6) is 0.572. The van der Waals surface area contributed by atoms with Crippen LogP contribution in [0.15, 0.2) is 16.9 Å². The van der Waals surface area contributed by atoms with E-state index in [9.17, 15) is 9.90 Å². The molecule has 1 aromatic carbocycles. The van der Waals surface area contributed by atoms with Crippen molar-refractivity contribution in [3.8, 4) is 0 Å². The summed E-state index contributed by atoms with van der Waals surface area (Å²) in [4.78, 5) is 18.7. The molecule has 2 aromatic rings. The first-order valence-electron chi connectivity index (χ1n) is 6.19. The van der Waals surface area contributed by atoms with Crippen molar-refractivity contribution in [3.05, 3.63) is 33.6 Å². The second-order valence-electron chi connectivity index (χ2n) is 5.10. The normalized spacial score (nSPS) is 12.7. The number of aliphatic hydroxyl groups excluding tert-OH is 1. The molecule has 5 nitrogen and oxygen atoms in total. The summed E-state index contributed by atoms with van der Waals surface area (Å²) in [6, 6.07) is 3.69. The average molecular weight is 261 g/mol. The minimum Gasteiger partial charge on any atom is -0.389 e. The van der Waals surface area contributed by atoms with Gasteiger partial charge in [-0.25, -0.2) is 4.98 Å². The van der Waals surface area contributed by atoms with Crippen LogP contribution >= 0.6 is 0 Å². The summed E-state index contributed by atoms with van der Waals surface area (Å²) < 4.78 is 1.52. The highest BCUT2D eigenvalue weighted by atomic mass is 16.3. The topological polar surface area (TPSA) is 58.4 Å². The first-order valence-corrected chi connectivity index (χ1v) is 6.19.